The Kier molecular flexibility index (Phi) is 4.69. The van der Waals surface area contributed by atoms with Gasteiger partial charge >= 0.3 is 0 Å². The molecule has 0 aliphatic heterocycles. The lowest BCUT2D eigenvalue weighted by atomic mass is 10.1. The Morgan fingerprint density at radius 2 is 1.75 bits per heavy atom. The second-order valence-corrected chi connectivity index (χ2v) is 4.33. The van der Waals surface area contributed by atoms with Crippen LogP contribution in [0.1, 0.15) is 21.5 Å². The topological polar surface area (TPSA) is 46.5 Å². The highest BCUT2D eigenvalue weighted by Crippen LogP contribution is 2.13. The Balaban J connectivity index is 2.07. The van der Waals surface area contributed by atoms with E-state index >= 15 is 0 Å². The minimum Gasteiger partial charge on any atom is -0.497 e. The molecule has 3 nitrogen and oxygen atoms in total. The summed E-state index contributed by atoms with van der Waals surface area (Å²) in [5, 5.41) is 8.96. The number of benzene rings is 2. The highest BCUT2D eigenvalue weighted by atomic mass is 16.5. The number of ether oxygens (including phenoxy) is 1. The van der Waals surface area contributed by atoms with E-state index in [1.54, 1.807) is 37.5 Å². The molecule has 0 aliphatic carbocycles. The predicted octanol–water partition coefficient (Wildman–Crippen LogP) is 3.08. The van der Waals surface area contributed by atoms with E-state index in [0.29, 0.717) is 5.56 Å². The Bertz CT molecular complexity index is 595. The number of carbonyl (C=O) groups excluding carboxylic acids is 1. The largest absolute Gasteiger partial charge is 0.497 e. The van der Waals surface area contributed by atoms with E-state index in [-0.39, 0.29) is 12.4 Å². The number of allylic oxidation sites excluding steroid dienone is 1. The molecular formula is C17H16O3. The van der Waals surface area contributed by atoms with E-state index in [2.05, 4.69) is 0 Å². The number of hydrogen-bond donors (Lipinski definition) is 1. The van der Waals surface area contributed by atoms with Crippen molar-refractivity contribution < 1.29 is 14.6 Å². The summed E-state index contributed by atoms with van der Waals surface area (Å²) in [6.07, 6.45) is 3.30. The molecule has 0 spiro atoms. The third kappa shape index (κ3) is 3.56. The van der Waals surface area contributed by atoms with Gasteiger partial charge < -0.3 is 9.84 Å². The van der Waals surface area contributed by atoms with Gasteiger partial charge in [0.15, 0.2) is 5.78 Å². The van der Waals surface area contributed by atoms with Crippen molar-refractivity contribution >= 4 is 11.9 Å². The molecule has 0 aromatic heterocycles. The summed E-state index contributed by atoms with van der Waals surface area (Å²) in [6, 6.07) is 14.4. The van der Waals surface area contributed by atoms with E-state index in [1.807, 2.05) is 24.3 Å². The van der Waals surface area contributed by atoms with Gasteiger partial charge in [-0.05, 0) is 41.5 Å². The van der Waals surface area contributed by atoms with Crippen molar-refractivity contribution in [2.75, 3.05) is 7.11 Å². The molecule has 20 heavy (non-hydrogen) atoms. The van der Waals surface area contributed by atoms with Crippen LogP contribution >= 0.6 is 0 Å². The van der Waals surface area contributed by atoms with Crippen LogP contribution in [0.2, 0.25) is 0 Å². The summed E-state index contributed by atoms with van der Waals surface area (Å²) in [6.45, 7) is 0.0226. The number of aliphatic hydroxyl groups is 1. The zero-order chi connectivity index (χ0) is 14.4. The molecule has 3 heteroatoms. The minimum absolute atomic E-state index is 0.0226. The first kappa shape index (κ1) is 14.0. The third-order valence-corrected chi connectivity index (χ3v) is 2.96. The molecule has 0 heterocycles. The van der Waals surface area contributed by atoms with Crippen molar-refractivity contribution in [1.29, 1.82) is 0 Å². The van der Waals surface area contributed by atoms with Crippen molar-refractivity contribution in [3.8, 4) is 5.75 Å². The van der Waals surface area contributed by atoms with Gasteiger partial charge in [-0.15, -0.1) is 0 Å². The fourth-order valence-electron chi connectivity index (χ4n) is 1.76. The Labute approximate surface area is 118 Å². The van der Waals surface area contributed by atoms with E-state index in [9.17, 15) is 4.79 Å². The summed E-state index contributed by atoms with van der Waals surface area (Å²) in [5.74, 6) is 0.670. The molecule has 102 valence electrons. The van der Waals surface area contributed by atoms with Crippen molar-refractivity contribution in [3.63, 3.8) is 0 Å². The van der Waals surface area contributed by atoms with Crippen molar-refractivity contribution in [1.82, 2.24) is 0 Å². The van der Waals surface area contributed by atoms with Gasteiger partial charge in [0.25, 0.3) is 0 Å². The zero-order valence-corrected chi connectivity index (χ0v) is 11.2. The first-order valence-corrected chi connectivity index (χ1v) is 6.29. The Morgan fingerprint density at radius 3 is 2.30 bits per heavy atom. The van der Waals surface area contributed by atoms with Crippen LogP contribution in [0.5, 0.6) is 5.75 Å². The van der Waals surface area contributed by atoms with Crippen molar-refractivity contribution in [3.05, 3.63) is 71.3 Å². The molecule has 0 atom stereocenters. The van der Waals surface area contributed by atoms with Crippen LogP contribution in [0, 0.1) is 0 Å². The summed E-state index contributed by atoms with van der Waals surface area (Å²) in [4.78, 5) is 12.0. The highest BCUT2D eigenvalue weighted by Gasteiger charge is 2.01. The molecule has 1 N–H and O–H groups in total. The lowest BCUT2D eigenvalue weighted by Crippen LogP contribution is -1.94. The molecule has 2 aromatic carbocycles. The monoisotopic (exact) mass is 268 g/mol. The van der Waals surface area contributed by atoms with E-state index in [1.165, 1.54) is 6.08 Å². The average molecular weight is 268 g/mol. The number of hydrogen-bond acceptors (Lipinski definition) is 3. The predicted molar refractivity (Wildman–Crippen MR) is 78.7 cm³/mol. The molecule has 2 aromatic rings. The zero-order valence-electron chi connectivity index (χ0n) is 11.2. The van der Waals surface area contributed by atoms with Crippen LogP contribution in [-0.4, -0.2) is 18.0 Å². The molecule has 0 fully saturated rings. The SMILES string of the molecule is COc1ccc(C(=O)C=Cc2ccc(CO)cc2)cc1. The fraction of sp³-hybridized carbons (Fsp3) is 0.118. The maximum absolute atomic E-state index is 12.0. The molecule has 0 unspecified atom stereocenters. The number of rotatable bonds is 5. The standard InChI is InChI=1S/C17H16O3/c1-20-16-9-7-15(8-10-16)17(19)11-6-13-2-4-14(12-18)5-3-13/h2-11,18H,12H2,1H3. The van der Waals surface area contributed by atoms with E-state index in [4.69, 9.17) is 9.84 Å². The number of aliphatic hydroxyl groups excluding tert-OH is 1. The van der Waals surface area contributed by atoms with Gasteiger partial charge in [0.1, 0.15) is 5.75 Å². The molecule has 0 radical (unpaired) electrons. The fourth-order valence-corrected chi connectivity index (χ4v) is 1.76. The van der Waals surface area contributed by atoms with Crippen LogP contribution in [-0.2, 0) is 6.61 Å². The molecule has 0 amide bonds. The lowest BCUT2D eigenvalue weighted by Gasteiger charge is -2.00. The molecule has 0 saturated heterocycles. The molecule has 2 rings (SSSR count). The van der Waals surface area contributed by atoms with Crippen LogP contribution in [0.3, 0.4) is 0 Å². The van der Waals surface area contributed by atoms with Crippen LogP contribution < -0.4 is 4.74 Å². The summed E-state index contributed by atoms with van der Waals surface area (Å²) in [5.41, 5.74) is 2.39. The van der Waals surface area contributed by atoms with Gasteiger partial charge in [0.2, 0.25) is 0 Å². The second kappa shape index (κ2) is 6.68. The Morgan fingerprint density at radius 1 is 1.10 bits per heavy atom. The van der Waals surface area contributed by atoms with Crippen molar-refractivity contribution in [2.45, 2.75) is 6.61 Å². The first-order valence-electron chi connectivity index (χ1n) is 6.29. The second-order valence-electron chi connectivity index (χ2n) is 4.33. The van der Waals surface area contributed by atoms with Gasteiger partial charge in [-0.25, -0.2) is 0 Å². The average Bonchev–Trinajstić information content (AvgIpc) is 2.53. The van der Waals surface area contributed by atoms with Gasteiger partial charge in [-0.1, -0.05) is 30.3 Å². The normalized spacial score (nSPS) is 10.7. The third-order valence-electron chi connectivity index (χ3n) is 2.96. The van der Waals surface area contributed by atoms with Gasteiger partial charge in [-0.2, -0.15) is 0 Å². The summed E-state index contributed by atoms with van der Waals surface area (Å²) in [7, 11) is 1.59. The van der Waals surface area contributed by atoms with Crippen molar-refractivity contribution in [2.24, 2.45) is 0 Å². The highest BCUT2D eigenvalue weighted by molar-refractivity contribution is 6.06. The van der Waals surface area contributed by atoms with Crippen LogP contribution in [0.4, 0.5) is 0 Å². The van der Waals surface area contributed by atoms with E-state index in [0.717, 1.165) is 16.9 Å². The van der Waals surface area contributed by atoms with Crippen LogP contribution in [0.25, 0.3) is 6.08 Å². The first-order chi connectivity index (χ1) is 9.72. The summed E-state index contributed by atoms with van der Waals surface area (Å²) < 4.78 is 5.05. The number of carbonyl (C=O) groups is 1. The maximum atomic E-state index is 12.0. The molecular weight excluding hydrogens is 252 g/mol. The quantitative estimate of drug-likeness (QED) is 0.669. The number of methoxy groups -OCH3 is 1. The minimum atomic E-state index is -0.0566. The molecule has 0 bridgehead atoms. The Hall–Kier alpha value is -2.39. The molecule has 0 aliphatic rings. The lowest BCUT2D eigenvalue weighted by molar-refractivity contribution is 0.104. The van der Waals surface area contributed by atoms with Gasteiger partial charge in [0, 0.05) is 5.56 Å². The van der Waals surface area contributed by atoms with Crippen LogP contribution in [0.15, 0.2) is 54.6 Å². The summed E-state index contributed by atoms with van der Waals surface area (Å²) >= 11 is 0. The molecule has 0 saturated carbocycles. The smallest absolute Gasteiger partial charge is 0.185 e. The maximum Gasteiger partial charge on any atom is 0.185 e. The van der Waals surface area contributed by atoms with Gasteiger partial charge in [-0.3, -0.25) is 4.79 Å². The van der Waals surface area contributed by atoms with E-state index < -0.39 is 0 Å². The number of ketones is 1. The van der Waals surface area contributed by atoms with Gasteiger partial charge in [0.05, 0.1) is 13.7 Å².